The predicted octanol–water partition coefficient (Wildman–Crippen LogP) is 3.51. The fourth-order valence-corrected chi connectivity index (χ4v) is 4.43. The van der Waals surface area contributed by atoms with E-state index in [1.807, 2.05) is 53.3 Å². The Morgan fingerprint density at radius 1 is 1.32 bits per heavy atom. The highest BCUT2D eigenvalue weighted by atomic mass is 32.1. The lowest BCUT2D eigenvalue weighted by Gasteiger charge is -2.04. The van der Waals surface area contributed by atoms with Crippen LogP contribution in [-0.4, -0.2) is 20.5 Å². The Morgan fingerprint density at radius 2 is 2.12 bits per heavy atom. The van der Waals surface area contributed by atoms with Crippen LogP contribution in [0.15, 0.2) is 41.9 Å². The maximum atomic E-state index is 11.8. The van der Waals surface area contributed by atoms with Gasteiger partial charge in [0.25, 0.3) is 5.91 Å². The highest BCUT2D eigenvalue weighted by Crippen LogP contribution is 2.37. The monoisotopic (exact) mass is 370 g/mol. The molecule has 3 aromatic heterocycles. The van der Waals surface area contributed by atoms with Gasteiger partial charge >= 0.3 is 0 Å². The lowest BCUT2D eigenvalue weighted by Crippen LogP contribution is -2.11. The molecular weight excluding hydrogens is 356 g/mol. The van der Waals surface area contributed by atoms with Crippen LogP contribution in [0.3, 0.4) is 0 Å². The highest BCUT2D eigenvalue weighted by Gasteiger charge is 2.22. The van der Waals surface area contributed by atoms with Crippen molar-refractivity contribution in [1.29, 1.82) is 0 Å². The third kappa shape index (κ3) is 2.90. The van der Waals surface area contributed by atoms with Gasteiger partial charge in [0, 0.05) is 11.6 Å². The van der Waals surface area contributed by atoms with E-state index in [4.69, 9.17) is 10.5 Å². The van der Waals surface area contributed by atoms with E-state index >= 15 is 0 Å². The number of amides is 1. The molecule has 0 aliphatic heterocycles. The van der Waals surface area contributed by atoms with E-state index in [2.05, 4.69) is 10.1 Å². The zero-order chi connectivity index (χ0) is 17.4. The molecule has 1 aromatic carbocycles. The van der Waals surface area contributed by atoms with E-state index in [9.17, 15) is 4.79 Å². The van der Waals surface area contributed by atoms with Crippen molar-refractivity contribution in [3.8, 4) is 16.5 Å². The molecule has 25 heavy (non-hydrogen) atoms. The smallest absolute Gasteiger partial charge is 0.264 e. The summed E-state index contributed by atoms with van der Waals surface area (Å²) >= 11 is 2.81. The molecule has 4 rings (SSSR count). The Kier molecular flexibility index (Phi) is 3.98. The van der Waals surface area contributed by atoms with Gasteiger partial charge in [-0.2, -0.15) is 5.10 Å². The second-order valence-corrected chi connectivity index (χ2v) is 7.30. The van der Waals surface area contributed by atoms with Crippen molar-refractivity contribution in [2.75, 3.05) is 0 Å². The van der Waals surface area contributed by atoms with Gasteiger partial charge in [-0.15, -0.1) is 22.7 Å². The largest absolute Gasteiger partial charge is 0.472 e. The van der Waals surface area contributed by atoms with Crippen LogP contribution in [0.25, 0.3) is 15.4 Å². The molecule has 0 saturated carbocycles. The summed E-state index contributed by atoms with van der Waals surface area (Å²) < 4.78 is 7.58. The fourth-order valence-electron chi connectivity index (χ4n) is 2.53. The minimum Gasteiger partial charge on any atom is -0.472 e. The molecule has 0 saturated heterocycles. The Bertz CT molecular complexity index is 1050. The van der Waals surface area contributed by atoms with Gasteiger partial charge in [-0.3, -0.25) is 4.79 Å². The molecular formula is C17H14N4O2S2. The lowest BCUT2D eigenvalue weighted by atomic mass is 10.2. The third-order valence-corrected chi connectivity index (χ3v) is 5.62. The topological polar surface area (TPSA) is 82.5 Å². The van der Waals surface area contributed by atoms with Gasteiger partial charge in [0.15, 0.2) is 4.88 Å². The normalized spacial score (nSPS) is 11.1. The maximum Gasteiger partial charge on any atom is 0.264 e. The second-order valence-electron chi connectivity index (χ2n) is 5.40. The molecule has 1 amide bonds. The zero-order valence-electron chi connectivity index (χ0n) is 13.3. The van der Waals surface area contributed by atoms with E-state index in [0.29, 0.717) is 16.5 Å². The Balaban J connectivity index is 1.72. The highest BCUT2D eigenvalue weighted by molar-refractivity contribution is 7.19. The summed E-state index contributed by atoms with van der Waals surface area (Å²) in [4.78, 5) is 17.6. The number of aryl methyl sites for hydroxylation is 1. The summed E-state index contributed by atoms with van der Waals surface area (Å²) in [6.07, 6.45) is 1.89. The Labute approximate surface area is 151 Å². The van der Waals surface area contributed by atoms with Crippen molar-refractivity contribution in [3.63, 3.8) is 0 Å². The van der Waals surface area contributed by atoms with E-state index < -0.39 is 5.91 Å². The number of aromatic nitrogens is 3. The van der Waals surface area contributed by atoms with Crippen LogP contribution in [-0.2, 0) is 6.61 Å². The standard InChI is InChI=1S/C17H14N4O2S2/c1-10-12(17-21(20-10)7-8-24-17)16-19-15(13(25-16)14(18)22)23-9-11-5-3-2-4-6-11/h2-8H,9H2,1H3,(H2,18,22). The van der Waals surface area contributed by atoms with Gasteiger partial charge in [-0.1, -0.05) is 30.3 Å². The van der Waals surface area contributed by atoms with Gasteiger partial charge in [0.1, 0.15) is 16.4 Å². The minimum atomic E-state index is -0.543. The molecule has 0 bridgehead atoms. The van der Waals surface area contributed by atoms with E-state index in [0.717, 1.165) is 21.7 Å². The number of thiazole rings is 2. The lowest BCUT2D eigenvalue weighted by molar-refractivity contribution is 0.0999. The van der Waals surface area contributed by atoms with Crippen LogP contribution in [0.4, 0.5) is 0 Å². The average Bonchev–Trinajstić information content (AvgIpc) is 3.28. The first-order valence-electron chi connectivity index (χ1n) is 7.53. The van der Waals surface area contributed by atoms with Crippen molar-refractivity contribution < 1.29 is 9.53 Å². The molecule has 0 radical (unpaired) electrons. The van der Waals surface area contributed by atoms with Crippen LogP contribution in [0, 0.1) is 6.92 Å². The Hall–Kier alpha value is -2.71. The van der Waals surface area contributed by atoms with Gasteiger partial charge in [-0.05, 0) is 12.5 Å². The van der Waals surface area contributed by atoms with Crippen molar-refractivity contribution in [2.45, 2.75) is 13.5 Å². The number of hydrogen-bond acceptors (Lipinski definition) is 6. The first kappa shape index (κ1) is 15.8. The second kappa shape index (κ2) is 6.30. The van der Waals surface area contributed by atoms with Crippen LogP contribution >= 0.6 is 22.7 Å². The summed E-state index contributed by atoms with van der Waals surface area (Å²) in [5, 5.41) is 7.11. The molecule has 0 unspecified atom stereocenters. The molecule has 4 aromatic rings. The molecule has 0 aliphatic carbocycles. The van der Waals surface area contributed by atoms with Crippen molar-refractivity contribution in [1.82, 2.24) is 14.6 Å². The SMILES string of the molecule is Cc1nn2ccsc2c1-c1nc(OCc2ccccc2)c(C(N)=O)s1. The van der Waals surface area contributed by atoms with Crippen molar-refractivity contribution in [2.24, 2.45) is 5.73 Å². The van der Waals surface area contributed by atoms with E-state index in [1.54, 1.807) is 11.3 Å². The van der Waals surface area contributed by atoms with Gasteiger partial charge in [0.2, 0.25) is 5.88 Å². The molecule has 126 valence electrons. The van der Waals surface area contributed by atoms with E-state index in [-0.39, 0.29) is 5.88 Å². The predicted molar refractivity (Wildman–Crippen MR) is 98.2 cm³/mol. The summed E-state index contributed by atoms with van der Waals surface area (Å²) in [6.45, 7) is 2.25. The van der Waals surface area contributed by atoms with Crippen LogP contribution in [0.5, 0.6) is 5.88 Å². The fraction of sp³-hybridized carbons (Fsp3) is 0.118. The van der Waals surface area contributed by atoms with Crippen molar-refractivity contribution >= 4 is 33.4 Å². The summed E-state index contributed by atoms with van der Waals surface area (Å²) in [7, 11) is 0. The number of hydrogen-bond donors (Lipinski definition) is 1. The Morgan fingerprint density at radius 3 is 2.88 bits per heavy atom. The quantitative estimate of drug-likeness (QED) is 0.583. The molecule has 8 heteroatoms. The van der Waals surface area contributed by atoms with Crippen LogP contribution in [0.1, 0.15) is 20.9 Å². The first-order valence-corrected chi connectivity index (χ1v) is 9.23. The van der Waals surface area contributed by atoms with Gasteiger partial charge < -0.3 is 10.5 Å². The molecule has 0 aliphatic rings. The third-order valence-electron chi connectivity index (χ3n) is 3.68. The van der Waals surface area contributed by atoms with Gasteiger partial charge in [0.05, 0.1) is 11.3 Å². The maximum absolute atomic E-state index is 11.8. The number of nitrogens with zero attached hydrogens (tertiary/aromatic N) is 3. The number of carbonyl (C=O) groups is 1. The number of fused-ring (bicyclic) bond motifs is 1. The summed E-state index contributed by atoms with van der Waals surface area (Å²) in [5.41, 5.74) is 8.28. The van der Waals surface area contributed by atoms with Gasteiger partial charge in [-0.25, -0.2) is 9.50 Å². The molecule has 2 N–H and O–H groups in total. The number of benzene rings is 1. The van der Waals surface area contributed by atoms with Crippen LogP contribution in [0.2, 0.25) is 0 Å². The minimum absolute atomic E-state index is 0.270. The molecule has 6 nitrogen and oxygen atoms in total. The molecule has 3 heterocycles. The number of ether oxygens (including phenoxy) is 1. The molecule has 0 spiro atoms. The van der Waals surface area contributed by atoms with E-state index in [1.165, 1.54) is 11.3 Å². The average molecular weight is 370 g/mol. The number of nitrogens with two attached hydrogens (primary N) is 1. The number of rotatable bonds is 5. The molecule has 0 fully saturated rings. The van der Waals surface area contributed by atoms with Crippen LogP contribution < -0.4 is 10.5 Å². The number of primary amides is 1. The zero-order valence-corrected chi connectivity index (χ0v) is 14.9. The van der Waals surface area contributed by atoms with Crippen molar-refractivity contribution in [3.05, 3.63) is 58.0 Å². The number of carbonyl (C=O) groups excluding carboxylic acids is 1. The first-order chi connectivity index (χ1) is 12.1. The molecule has 0 atom stereocenters. The summed E-state index contributed by atoms with van der Waals surface area (Å²) in [5.74, 6) is -0.272. The summed E-state index contributed by atoms with van der Waals surface area (Å²) in [6, 6.07) is 9.71.